The molecule has 0 amide bonds. The summed E-state index contributed by atoms with van der Waals surface area (Å²) < 4.78 is 10.3. The van der Waals surface area contributed by atoms with Crippen LogP contribution in [-0.4, -0.2) is 12.3 Å². The van der Waals surface area contributed by atoms with E-state index in [9.17, 15) is 5.21 Å². The van der Waals surface area contributed by atoms with Crippen LogP contribution < -0.4 is 4.90 Å². The summed E-state index contributed by atoms with van der Waals surface area (Å²) in [5.41, 5.74) is 0.518. The van der Waals surface area contributed by atoms with Gasteiger partial charge in [-0.25, -0.2) is 0 Å². The van der Waals surface area contributed by atoms with Crippen LogP contribution >= 0.6 is 0 Å². The summed E-state index contributed by atoms with van der Waals surface area (Å²) in [6.07, 6.45) is 3.97. The minimum atomic E-state index is -0.602. The fraction of sp³-hybridized carbons (Fsp3) is 0.833. The molecule has 1 atom stereocenters. The van der Waals surface area contributed by atoms with E-state index in [-0.39, 0.29) is 5.41 Å². The van der Waals surface area contributed by atoms with Gasteiger partial charge in [0.1, 0.15) is 5.60 Å². The lowest BCUT2D eigenvalue weighted by Crippen LogP contribution is -2.42. The summed E-state index contributed by atoms with van der Waals surface area (Å²) in [6, 6.07) is 0. The third-order valence-electron chi connectivity index (χ3n) is 3.91. The number of rotatable bonds is 1. The first-order chi connectivity index (χ1) is 7.91. The van der Waals surface area contributed by atoms with E-state index < -0.39 is 5.60 Å². The number of fused-ring (bicyclic) bond motifs is 1. The van der Waals surface area contributed by atoms with Gasteiger partial charge in [0.15, 0.2) is 0 Å². The fourth-order valence-electron chi connectivity index (χ4n) is 2.60. The highest BCUT2D eigenvalue weighted by Gasteiger charge is 2.45. The summed E-state index contributed by atoms with van der Waals surface area (Å²) in [4.78, 5) is 0.506. The highest BCUT2D eigenvalue weighted by molar-refractivity contribution is 5.22. The molecule has 0 aliphatic heterocycles. The van der Waals surface area contributed by atoms with E-state index in [0.29, 0.717) is 10.6 Å². The molecule has 0 fully saturated rings. The quantitative estimate of drug-likeness (QED) is 0.704. The first-order valence-electron chi connectivity index (χ1n) is 6.06. The first-order valence-corrected chi connectivity index (χ1v) is 6.06. The van der Waals surface area contributed by atoms with Gasteiger partial charge in [-0.1, -0.05) is 26.7 Å². The minimum absolute atomic E-state index is 0.144. The van der Waals surface area contributed by atoms with Crippen LogP contribution in [0.3, 0.4) is 0 Å². The molecule has 5 heteroatoms. The van der Waals surface area contributed by atoms with E-state index in [1.54, 1.807) is 7.11 Å². The van der Waals surface area contributed by atoms with Crippen molar-refractivity contribution in [3.63, 3.8) is 0 Å². The van der Waals surface area contributed by atoms with Crippen LogP contribution in [-0.2, 0) is 15.8 Å². The van der Waals surface area contributed by atoms with Gasteiger partial charge in [-0.2, -0.15) is 0 Å². The van der Waals surface area contributed by atoms with Crippen molar-refractivity contribution in [2.75, 3.05) is 7.11 Å². The van der Waals surface area contributed by atoms with Gasteiger partial charge in [-0.15, -0.1) is 0 Å². The Morgan fingerprint density at radius 2 is 1.94 bits per heavy atom. The van der Waals surface area contributed by atoms with E-state index in [1.807, 2.05) is 6.92 Å². The smallest absolute Gasteiger partial charge is 0.230 e. The van der Waals surface area contributed by atoms with Crippen molar-refractivity contribution in [1.82, 2.24) is 5.16 Å². The molecular weight excluding hydrogens is 220 g/mol. The van der Waals surface area contributed by atoms with Gasteiger partial charge in [-0.05, 0) is 24.7 Å². The molecule has 17 heavy (non-hydrogen) atoms. The Hall–Kier alpha value is -1.10. The average Bonchev–Trinajstić information content (AvgIpc) is 2.66. The fourth-order valence-corrected chi connectivity index (χ4v) is 2.60. The molecule has 0 aromatic carbocycles. The summed E-state index contributed by atoms with van der Waals surface area (Å²) in [5.74, 6) is 0. The monoisotopic (exact) mass is 240 g/mol. The molecule has 0 spiro atoms. The maximum absolute atomic E-state index is 11.8. The van der Waals surface area contributed by atoms with Crippen molar-refractivity contribution >= 4 is 0 Å². The zero-order chi connectivity index (χ0) is 12.7. The molecule has 1 unspecified atom stereocenters. The number of methoxy groups -OCH3 is 1. The standard InChI is InChI=1S/C12H20N2O3/c1-11(2)7-5-6-8-12(3,16-4)10-9(11)13-17-14(10)15/h5-8H2,1-4H3. The number of aromatic nitrogens is 2. The van der Waals surface area contributed by atoms with Gasteiger partial charge < -0.3 is 9.94 Å². The van der Waals surface area contributed by atoms with Crippen LogP contribution in [0.15, 0.2) is 4.63 Å². The van der Waals surface area contributed by atoms with Crippen LogP contribution in [0.1, 0.15) is 57.8 Å². The largest absolute Gasteiger partial charge is 0.370 e. The number of nitrogens with zero attached hydrogens (tertiary/aromatic N) is 2. The van der Waals surface area contributed by atoms with E-state index in [4.69, 9.17) is 9.37 Å². The second-order valence-electron chi connectivity index (χ2n) is 5.65. The molecular formula is C12H20N2O3. The average molecular weight is 240 g/mol. The van der Waals surface area contributed by atoms with E-state index >= 15 is 0 Å². The highest BCUT2D eigenvalue weighted by Crippen LogP contribution is 2.40. The Balaban J connectivity index is 2.60. The summed E-state index contributed by atoms with van der Waals surface area (Å²) in [5, 5.41) is 15.7. The Morgan fingerprint density at radius 3 is 2.59 bits per heavy atom. The first kappa shape index (κ1) is 12.4. The molecule has 1 heterocycles. The molecule has 1 aliphatic carbocycles. The van der Waals surface area contributed by atoms with Gasteiger partial charge in [0, 0.05) is 17.7 Å². The molecule has 2 rings (SSSR count). The number of hydrogen-bond donors (Lipinski definition) is 0. The molecule has 1 aromatic heterocycles. The zero-order valence-corrected chi connectivity index (χ0v) is 10.9. The molecule has 0 radical (unpaired) electrons. The van der Waals surface area contributed by atoms with Crippen molar-refractivity contribution in [2.24, 2.45) is 0 Å². The lowest BCUT2D eigenvalue weighted by atomic mass is 9.76. The van der Waals surface area contributed by atoms with Gasteiger partial charge in [-0.3, -0.25) is 4.63 Å². The van der Waals surface area contributed by atoms with Crippen LogP contribution in [0.25, 0.3) is 0 Å². The van der Waals surface area contributed by atoms with Gasteiger partial charge >= 0.3 is 0 Å². The van der Waals surface area contributed by atoms with Crippen LogP contribution in [0.2, 0.25) is 0 Å². The predicted molar refractivity (Wildman–Crippen MR) is 61.3 cm³/mol. The van der Waals surface area contributed by atoms with Crippen molar-refractivity contribution in [1.29, 1.82) is 0 Å². The zero-order valence-electron chi connectivity index (χ0n) is 10.9. The topological polar surface area (TPSA) is 62.2 Å². The summed E-state index contributed by atoms with van der Waals surface area (Å²) in [6.45, 7) is 6.12. The molecule has 0 bridgehead atoms. The number of hydrogen-bond acceptors (Lipinski definition) is 4. The maximum Gasteiger partial charge on any atom is 0.230 e. The molecule has 0 saturated heterocycles. The molecule has 0 N–H and O–H groups in total. The number of ether oxygens (including phenoxy) is 1. The Bertz CT molecular complexity index is 414. The van der Waals surface area contributed by atoms with Crippen molar-refractivity contribution in [3.8, 4) is 0 Å². The minimum Gasteiger partial charge on any atom is -0.370 e. The summed E-state index contributed by atoms with van der Waals surface area (Å²) >= 11 is 0. The summed E-state index contributed by atoms with van der Waals surface area (Å²) in [7, 11) is 1.63. The Kier molecular flexibility index (Phi) is 2.89. The predicted octanol–water partition coefficient (Wildman–Crippen LogP) is 2.02. The lowest BCUT2D eigenvalue weighted by molar-refractivity contribution is -0.812. The van der Waals surface area contributed by atoms with Crippen molar-refractivity contribution in [2.45, 2.75) is 57.5 Å². The molecule has 0 saturated carbocycles. The van der Waals surface area contributed by atoms with Crippen LogP contribution in [0.5, 0.6) is 0 Å². The SMILES string of the molecule is COC1(C)CCCCC(C)(C)c2no[n+]([O-])c21. The second-order valence-corrected chi connectivity index (χ2v) is 5.65. The molecule has 1 aromatic rings. The van der Waals surface area contributed by atoms with E-state index in [0.717, 1.165) is 31.4 Å². The maximum atomic E-state index is 11.8. The van der Waals surface area contributed by atoms with Gasteiger partial charge in [0.05, 0.1) is 0 Å². The molecule has 1 aliphatic rings. The Labute approximate surface area is 101 Å². The van der Waals surface area contributed by atoms with E-state index in [1.165, 1.54) is 0 Å². The normalized spacial score (nSPS) is 28.2. The molecule has 5 nitrogen and oxygen atoms in total. The second kappa shape index (κ2) is 3.98. The van der Waals surface area contributed by atoms with Gasteiger partial charge in [0.2, 0.25) is 11.4 Å². The van der Waals surface area contributed by atoms with E-state index in [2.05, 4.69) is 19.0 Å². The third kappa shape index (κ3) is 1.92. The Morgan fingerprint density at radius 1 is 1.29 bits per heavy atom. The lowest BCUT2D eigenvalue weighted by Gasteiger charge is -2.31. The third-order valence-corrected chi connectivity index (χ3v) is 3.91. The van der Waals surface area contributed by atoms with Crippen molar-refractivity contribution < 1.29 is 14.3 Å². The highest BCUT2D eigenvalue weighted by atomic mass is 16.8. The van der Waals surface area contributed by atoms with Crippen molar-refractivity contribution in [3.05, 3.63) is 16.6 Å². The van der Waals surface area contributed by atoms with Crippen LogP contribution in [0, 0.1) is 5.21 Å². The van der Waals surface area contributed by atoms with Crippen LogP contribution in [0.4, 0.5) is 0 Å². The van der Waals surface area contributed by atoms with Gasteiger partial charge in [0.25, 0.3) is 0 Å². The molecule has 96 valence electrons.